The first-order valence-corrected chi connectivity index (χ1v) is 10.2. The number of hydrogen-bond acceptors (Lipinski definition) is 8. The number of ketones is 1. The van der Waals surface area contributed by atoms with E-state index in [4.69, 9.17) is 16.3 Å². The molecular weight excluding hydrogens is 429 g/mol. The first kappa shape index (κ1) is 21.9. The highest BCUT2D eigenvalue weighted by Gasteiger charge is 2.38. The van der Waals surface area contributed by atoms with Crippen LogP contribution in [0.15, 0.2) is 35.4 Å². The number of pyridine rings is 1. The monoisotopic (exact) mass is 441 g/mol. The molecule has 2 aromatic rings. The minimum atomic E-state index is -1.49. The number of thioether (sulfide) groups is 2. The van der Waals surface area contributed by atoms with E-state index in [1.165, 1.54) is 36.9 Å². The standard InChI is InChI=1S/C17H13ClFN3O4S2/c1-10(23)17(8-20,9-27-2)28-15-6-12(3-4-14(15)22(24)25)26-16-13(18)5-11(19)7-21-16/h3-7H,9H2,1-2H3. The van der Waals surface area contributed by atoms with Crippen molar-refractivity contribution in [2.75, 3.05) is 12.0 Å². The summed E-state index contributed by atoms with van der Waals surface area (Å²) >= 11 is 7.95. The van der Waals surface area contributed by atoms with Crippen LogP contribution in [0.2, 0.25) is 5.02 Å². The SMILES string of the molecule is CSCC(C#N)(Sc1cc(Oc2ncc(F)cc2Cl)ccc1[N+](=O)[O-])C(C)=O. The molecule has 28 heavy (non-hydrogen) atoms. The number of aromatic nitrogens is 1. The number of benzene rings is 1. The Labute approximate surface area is 173 Å². The lowest BCUT2D eigenvalue weighted by Crippen LogP contribution is -2.34. The summed E-state index contributed by atoms with van der Waals surface area (Å²) in [7, 11) is 0. The summed E-state index contributed by atoms with van der Waals surface area (Å²) in [6.07, 6.45) is 2.64. The predicted molar refractivity (Wildman–Crippen MR) is 106 cm³/mol. The molecule has 1 aromatic carbocycles. The molecule has 0 saturated carbocycles. The van der Waals surface area contributed by atoms with Crippen LogP contribution in [0.25, 0.3) is 0 Å². The molecule has 0 spiro atoms. The number of carbonyl (C=O) groups is 1. The highest BCUT2D eigenvalue weighted by Crippen LogP contribution is 2.42. The highest BCUT2D eigenvalue weighted by atomic mass is 35.5. The van der Waals surface area contributed by atoms with Gasteiger partial charge in [-0.15, -0.1) is 0 Å². The van der Waals surface area contributed by atoms with Crippen molar-refractivity contribution in [3.05, 3.63) is 51.4 Å². The summed E-state index contributed by atoms with van der Waals surface area (Å²) in [5.74, 6) is -0.867. The van der Waals surface area contributed by atoms with E-state index in [2.05, 4.69) is 4.98 Å². The molecule has 2 rings (SSSR count). The van der Waals surface area contributed by atoms with Crippen molar-refractivity contribution < 1.29 is 18.8 Å². The summed E-state index contributed by atoms with van der Waals surface area (Å²) in [5, 5.41) is 20.9. The topological polar surface area (TPSA) is 106 Å². The Bertz CT molecular complexity index is 970. The van der Waals surface area contributed by atoms with E-state index < -0.39 is 21.3 Å². The fourth-order valence-electron chi connectivity index (χ4n) is 2.11. The van der Waals surface area contributed by atoms with Gasteiger partial charge in [0.25, 0.3) is 5.69 Å². The van der Waals surface area contributed by atoms with E-state index in [1.807, 2.05) is 6.07 Å². The van der Waals surface area contributed by atoms with Gasteiger partial charge in [-0.25, -0.2) is 9.37 Å². The van der Waals surface area contributed by atoms with Crippen LogP contribution in [0.3, 0.4) is 0 Å². The minimum absolute atomic E-state index is 0.0755. The minimum Gasteiger partial charge on any atom is -0.437 e. The van der Waals surface area contributed by atoms with Crippen LogP contribution >= 0.6 is 35.1 Å². The molecule has 0 radical (unpaired) electrons. The Morgan fingerprint density at radius 2 is 2.21 bits per heavy atom. The Morgan fingerprint density at radius 3 is 2.75 bits per heavy atom. The fraction of sp³-hybridized carbons (Fsp3) is 0.235. The molecule has 0 aliphatic rings. The fourth-order valence-corrected chi connectivity index (χ4v) is 4.55. The summed E-state index contributed by atoms with van der Waals surface area (Å²) in [6, 6.07) is 6.81. The van der Waals surface area contributed by atoms with Gasteiger partial charge in [0, 0.05) is 17.9 Å². The van der Waals surface area contributed by atoms with Crippen molar-refractivity contribution in [2.45, 2.75) is 16.6 Å². The second kappa shape index (κ2) is 9.23. The Balaban J connectivity index is 2.47. The maximum absolute atomic E-state index is 13.1. The molecule has 1 unspecified atom stereocenters. The number of rotatable bonds is 8. The van der Waals surface area contributed by atoms with Gasteiger partial charge in [-0.2, -0.15) is 17.0 Å². The van der Waals surface area contributed by atoms with Crippen LogP contribution in [-0.4, -0.2) is 32.4 Å². The van der Waals surface area contributed by atoms with Gasteiger partial charge < -0.3 is 4.74 Å². The second-order valence-electron chi connectivity index (χ2n) is 5.46. The van der Waals surface area contributed by atoms with Gasteiger partial charge in [0.2, 0.25) is 5.88 Å². The Kier molecular flexibility index (Phi) is 7.23. The van der Waals surface area contributed by atoms with Gasteiger partial charge in [-0.3, -0.25) is 14.9 Å². The highest BCUT2D eigenvalue weighted by molar-refractivity contribution is 8.04. The third-order valence-corrected chi connectivity index (χ3v) is 6.09. The summed E-state index contributed by atoms with van der Waals surface area (Å²) in [5.41, 5.74) is -0.280. The van der Waals surface area contributed by atoms with Gasteiger partial charge >= 0.3 is 0 Å². The van der Waals surface area contributed by atoms with Crippen LogP contribution < -0.4 is 4.74 Å². The van der Waals surface area contributed by atoms with Crippen molar-refractivity contribution in [2.24, 2.45) is 0 Å². The molecule has 1 heterocycles. The van der Waals surface area contributed by atoms with E-state index >= 15 is 0 Å². The van der Waals surface area contributed by atoms with Crippen molar-refractivity contribution in [1.29, 1.82) is 5.26 Å². The molecule has 0 amide bonds. The van der Waals surface area contributed by atoms with E-state index in [0.29, 0.717) is 0 Å². The summed E-state index contributed by atoms with van der Waals surface area (Å²) < 4.78 is 17.1. The zero-order chi connectivity index (χ0) is 20.9. The number of hydrogen-bond donors (Lipinski definition) is 0. The van der Waals surface area contributed by atoms with E-state index in [-0.39, 0.29) is 33.0 Å². The zero-order valence-corrected chi connectivity index (χ0v) is 17.0. The van der Waals surface area contributed by atoms with Crippen LogP contribution in [0, 0.1) is 27.3 Å². The smallest absolute Gasteiger partial charge is 0.283 e. The van der Waals surface area contributed by atoms with Gasteiger partial charge in [0.15, 0.2) is 10.5 Å². The van der Waals surface area contributed by atoms with E-state index in [1.54, 1.807) is 6.26 Å². The molecule has 1 aromatic heterocycles. The molecule has 0 aliphatic carbocycles. The predicted octanol–water partition coefficient (Wildman–Crippen LogP) is 4.88. The number of nitrogens with zero attached hydrogens (tertiary/aromatic N) is 3. The molecule has 146 valence electrons. The largest absolute Gasteiger partial charge is 0.437 e. The lowest BCUT2D eigenvalue weighted by molar-refractivity contribution is -0.387. The molecule has 0 aliphatic heterocycles. The Hall–Kier alpha value is -2.35. The lowest BCUT2D eigenvalue weighted by atomic mass is 10.1. The summed E-state index contributed by atoms with van der Waals surface area (Å²) in [4.78, 5) is 26.7. The molecule has 0 bridgehead atoms. The number of nitriles is 1. The molecule has 7 nitrogen and oxygen atoms in total. The molecule has 0 fully saturated rings. The van der Waals surface area contributed by atoms with Crippen molar-refractivity contribution >= 4 is 46.6 Å². The third-order valence-electron chi connectivity index (χ3n) is 3.50. The normalized spacial score (nSPS) is 12.7. The van der Waals surface area contributed by atoms with Gasteiger partial charge in [0.05, 0.1) is 22.1 Å². The zero-order valence-electron chi connectivity index (χ0n) is 14.6. The molecule has 1 atom stereocenters. The number of nitro benzene ring substituents is 1. The summed E-state index contributed by atoms with van der Waals surface area (Å²) in [6.45, 7) is 1.26. The molecule has 11 heteroatoms. The number of Topliss-reactive ketones (excluding diaryl/α,β-unsaturated/α-hetero) is 1. The van der Waals surface area contributed by atoms with Crippen LogP contribution in [-0.2, 0) is 4.79 Å². The molecule has 0 N–H and O–H groups in total. The van der Waals surface area contributed by atoms with Crippen molar-refractivity contribution in [1.82, 2.24) is 4.98 Å². The van der Waals surface area contributed by atoms with Gasteiger partial charge in [0.1, 0.15) is 16.6 Å². The Morgan fingerprint density at radius 1 is 1.50 bits per heavy atom. The van der Waals surface area contributed by atoms with E-state index in [9.17, 15) is 24.6 Å². The average Bonchev–Trinajstić information content (AvgIpc) is 2.63. The number of carbonyl (C=O) groups excluding carboxylic acids is 1. The molecule has 0 saturated heterocycles. The third kappa shape index (κ3) is 4.92. The lowest BCUT2D eigenvalue weighted by Gasteiger charge is -2.22. The number of ether oxygens (including phenoxy) is 1. The van der Waals surface area contributed by atoms with Crippen LogP contribution in [0.1, 0.15) is 6.92 Å². The van der Waals surface area contributed by atoms with Crippen LogP contribution in [0.5, 0.6) is 11.6 Å². The maximum Gasteiger partial charge on any atom is 0.283 e. The maximum atomic E-state index is 13.1. The van der Waals surface area contributed by atoms with Gasteiger partial charge in [-0.1, -0.05) is 23.4 Å². The van der Waals surface area contributed by atoms with E-state index in [0.717, 1.165) is 24.0 Å². The number of halogens is 2. The second-order valence-corrected chi connectivity index (χ2v) is 8.07. The first-order chi connectivity index (χ1) is 13.2. The number of nitro groups is 1. The van der Waals surface area contributed by atoms with Gasteiger partial charge in [-0.05, 0) is 25.3 Å². The van der Waals surface area contributed by atoms with Crippen LogP contribution in [0.4, 0.5) is 10.1 Å². The average molecular weight is 442 g/mol. The molecular formula is C17H13ClFN3O4S2. The first-order valence-electron chi connectivity index (χ1n) is 7.60. The quantitative estimate of drug-likeness (QED) is 0.324. The van der Waals surface area contributed by atoms with Crippen molar-refractivity contribution in [3.63, 3.8) is 0 Å². The van der Waals surface area contributed by atoms with Crippen molar-refractivity contribution in [3.8, 4) is 17.7 Å².